The van der Waals surface area contributed by atoms with Crippen LogP contribution in [0.3, 0.4) is 0 Å². The molecule has 2 aromatic carbocycles. The van der Waals surface area contributed by atoms with Gasteiger partial charge in [-0.1, -0.05) is 17.7 Å². The van der Waals surface area contributed by atoms with Crippen LogP contribution in [-0.4, -0.2) is 16.0 Å². The minimum Gasteiger partial charge on any atom is -0.334 e. The summed E-state index contributed by atoms with van der Waals surface area (Å²) < 4.78 is 0. The summed E-state index contributed by atoms with van der Waals surface area (Å²) in [4.78, 5) is 28.4. The van der Waals surface area contributed by atoms with Crippen molar-refractivity contribution in [2.45, 2.75) is 6.54 Å². The molecular weight excluding hydrogens is 304 g/mol. The number of urea groups is 1. The molecule has 0 radical (unpaired) electrons. The minimum absolute atomic E-state index is 0.249. The monoisotopic (exact) mass is 316 g/mol. The summed E-state index contributed by atoms with van der Waals surface area (Å²) in [5.74, 6) is 0. The first-order valence-electron chi connectivity index (χ1n) is 6.61. The number of carbonyl (C=O) groups excluding carboxylic acids is 1. The van der Waals surface area contributed by atoms with Crippen LogP contribution in [0.5, 0.6) is 0 Å². The van der Waals surface area contributed by atoms with Gasteiger partial charge in [-0.15, -0.1) is 0 Å². The van der Waals surface area contributed by atoms with Gasteiger partial charge in [0.2, 0.25) is 0 Å². The van der Waals surface area contributed by atoms with Gasteiger partial charge in [0.25, 0.3) is 0 Å². The number of aromatic nitrogens is 2. The van der Waals surface area contributed by atoms with E-state index in [-0.39, 0.29) is 11.7 Å². The Morgan fingerprint density at radius 1 is 1.05 bits per heavy atom. The zero-order valence-corrected chi connectivity index (χ0v) is 12.2. The Hall–Kier alpha value is -2.73. The second-order valence-electron chi connectivity index (χ2n) is 4.77. The molecule has 1 heterocycles. The van der Waals surface area contributed by atoms with Gasteiger partial charge in [0.15, 0.2) is 0 Å². The molecule has 6 nitrogen and oxygen atoms in total. The molecule has 4 N–H and O–H groups in total. The molecule has 0 saturated carbocycles. The maximum absolute atomic E-state index is 11.8. The number of H-pyrrole nitrogens is 2. The molecule has 0 bridgehead atoms. The van der Waals surface area contributed by atoms with E-state index in [2.05, 4.69) is 20.6 Å². The number of hydrogen-bond acceptors (Lipinski definition) is 2. The number of rotatable bonds is 3. The highest BCUT2D eigenvalue weighted by Crippen LogP contribution is 2.13. The number of nitrogens with one attached hydrogen (secondary N) is 4. The van der Waals surface area contributed by atoms with Crippen molar-refractivity contribution >= 4 is 34.4 Å². The van der Waals surface area contributed by atoms with Crippen molar-refractivity contribution in [2.75, 3.05) is 5.32 Å². The average Bonchev–Trinajstić information content (AvgIpc) is 2.87. The molecule has 0 aliphatic rings. The summed E-state index contributed by atoms with van der Waals surface area (Å²) in [5, 5.41) is 6.07. The van der Waals surface area contributed by atoms with Gasteiger partial charge in [-0.05, 0) is 42.0 Å². The lowest BCUT2D eigenvalue weighted by molar-refractivity contribution is 0.251. The Morgan fingerprint density at radius 3 is 2.55 bits per heavy atom. The molecule has 112 valence electrons. The highest BCUT2D eigenvalue weighted by Gasteiger charge is 2.03. The molecule has 3 aromatic rings. The molecule has 1 aromatic heterocycles. The summed E-state index contributed by atoms with van der Waals surface area (Å²) in [6.45, 7) is 0.350. The van der Waals surface area contributed by atoms with Crippen molar-refractivity contribution in [3.63, 3.8) is 0 Å². The van der Waals surface area contributed by atoms with Gasteiger partial charge in [-0.3, -0.25) is 0 Å². The van der Waals surface area contributed by atoms with E-state index >= 15 is 0 Å². The first kappa shape index (κ1) is 14.2. The number of imidazole rings is 1. The van der Waals surface area contributed by atoms with E-state index in [1.165, 1.54) is 0 Å². The molecule has 0 atom stereocenters. The largest absolute Gasteiger partial charge is 0.334 e. The predicted octanol–water partition coefficient (Wildman–Crippen LogP) is 2.83. The summed E-state index contributed by atoms with van der Waals surface area (Å²) in [6, 6.07) is 12.0. The van der Waals surface area contributed by atoms with Crippen molar-refractivity contribution in [3.05, 3.63) is 63.5 Å². The summed E-state index contributed by atoms with van der Waals surface area (Å²) in [7, 11) is 0. The highest BCUT2D eigenvalue weighted by atomic mass is 35.5. The number of hydrogen-bond donors (Lipinski definition) is 4. The van der Waals surface area contributed by atoms with Crippen LogP contribution >= 0.6 is 11.6 Å². The first-order chi connectivity index (χ1) is 10.6. The molecule has 0 fully saturated rings. The van der Waals surface area contributed by atoms with Gasteiger partial charge in [0.1, 0.15) is 0 Å². The van der Waals surface area contributed by atoms with Gasteiger partial charge < -0.3 is 20.6 Å². The Labute approximate surface area is 130 Å². The smallest absolute Gasteiger partial charge is 0.323 e. The van der Waals surface area contributed by atoms with Crippen molar-refractivity contribution in [2.24, 2.45) is 0 Å². The van der Waals surface area contributed by atoms with Crippen molar-refractivity contribution in [1.82, 2.24) is 15.3 Å². The topological polar surface area (TPSA) is 89.8 Å². The van der Waals surface area contributed by atoms with E-state index in [1.807, 2.05) is 12.1 Å². The van der Waals surface area contributed by atoms with Gasteiger partial charge in [-0.2, -0.15) is 0 Å². The minimum atomic E-state index is -0.315. The van der Waals surface area contributed by atoms with E-state index in [0.29, 0.717) is 22.8 Å². The van der Waals surface area contributed by atoms with Crippen LogP contribution in [0.1, 0.15) is 5.56 Å². The van der Waals surface area contributed by atoms with Crippen LogP contribution < -0.4 is 16.3 Å². The van der Waals surface area contributed by atoms with E-state index in [0.717, 1.165) is 11.1 Å². The Bertz CT molecular complexity index is 867. The standard InChI is InChI=1S/C15H13ClN4O2/c16-10-2-4-11(5-3-10)18-14(21)17-8-9-1-6-12-13(7-9)20-15(22)19-12/h1-7H,8H2,(H2,17,18,21)(H2,19,20,22). The SMILES string of the molecule is O=C(NCc1ccc2[nH]c(=O)[nH]c2c1)Nc1ccc(Cl)cc1. The van der Waals surface area contributed by atoms with Crippen LogP contribution in [0, 0.1) is 0 Å². The van der Waals surface area contributed by atoms with Gasteiger partial charge in [0.05, 0.1) is 11.0 Å². The van der Waals surface area contributed by atoms with Gasteiger partial charge in [-0.25, -0.2) is 9.59 Å². The number of benzene rings is 2. The van der Waals surface area contributed by atoms with E-state index in [1.54, 1.807) is 30.3 Å². The van der Waals surface area contributed by atoms with Gasteiger partial charge in [0, 0.05) is 17.3 Å². The molecule has 22 heavy (non-hydrogen) atoms. The van der Waals surface area contributed by atoms with Crippen LogP contribution in [-0.2, 0) is 6.54 Å². The van der Waals surface area contributed by atoms with E-state index in [9.17, 15) is 9.59 Å². The van der Waals surface area contributed by atoms with E-state index in [4.69, 9.17) is 11.6 Å². The van der Waals surface area contributed by atoms with Crippen LogP contribution in [0.2, 0.25) is 5.02 Å². The number of amides is 2. The van der Waals surface area contributed by atoms with E-state index < -0.39 is 0 Å². The molecule has 3 rings (SSSR count). The maximum Gasteiger partial charge on any atom is 0.323 e. The lowest BCUT2D eigenvalue weighted by atomic mass is 10.2. The van der Waals surface area contributed by atoms with Gasteiger partial charge >= 0.3 is 11.7 Å². The van der Waals surface area contributed by atoms with Crippen LogP contribution in [0.25, 0.3) is 11.0 Å². The quantitative estimate of drug-likeness (QED) is 0.598. The second kappa shape index (κ2) is 5.95. The van der Waals surface area contributed by atoms with Crippen LogP contribution in [0.15, 0.2) is 47.3 Å². The zero-order valence-electron chi connectivity index (χ0n) is 11.4. The lowest BCUT2D eigenvalue weighted by Gasteiger charge is -2.08. The molecular formula is C15H13ClN4O2. The van der Waals surface area contributed by atoms with Crippen molar-refractivity contribution < 1.29 is 4.79 Å². The third-order valence-electron chi connectivity index (χ3n) is 3.14. The third-order valence-corrected chi connectivity index (χ3v) is 3.39. The number of aromatic amines is 2. The Morgan fingerprint density at radius 2 is 1.77 bits per heavy atom. The molecule has 0 saturated heterocycles. The molecule has 0 spiro atoms. The fraction of sp³-hybridized carbons (Fsp3) is 0.0667. The number of halogens is 1. The third kappa shape index (κ3) is 3.29. The first-order valence-corrected chi connectivity index (χ1v) is 6.99. The number of anilines is 1. The lowest BCUT2D eigenvalue weighted by Crippen LogP contribution is -2.28. The maximum atomic E-state index is 11.8. The van der Waals surface area contributed by atoms with Crippen molar-refractivity contribution in [1.29, 1.82) is 0 Å². The zero-order chi connectivity index (χ0) is 15.5. The molecule has 0 unspecified atom stereocenters. The second-order valence-corrected chi connectivity index (χ2v) is 5.21. The molecule has 0 aliphatic carbocycles. The predicted molar refractivity (Wildman–Crippen MR) is 86.2 cm³/mol. The molecule has 2 amide bonds. The summed E-state index contributed by atoms with van der Waals surface area (Å²) in [5.41, 5.74) is 2.74. The summed E-state index contributed by atoms with van der Waals surface area (Å²) in [6.07, 6.45) is 0. The fourth-order valence-electron chi connectivity index (χ4n) is 2.08. The van der Waals surface area contributed by atoms with Crippen LogP contribution in [0.4, 0.5) is 10.5 Å². The molecule has 0 aliphatic heterocycles. The summed E-state index contributed by atoms with van der Waals surface area (Å²) >= 11 is 5.78. The fourth-order valence-corrected chi connectivity index (χ4v) is 2.21. The normalized spacial score (nSPS) is 10.6. The number of fused-ring (bicyclic) bond motifs is 1. The Kier molecular flexibility index (Phi) is 3.84. The highest BCUT2D eigenvalue weighted by molar-refractivity contribution is 6.30. The molecule has 7 heteroatoms. The van der Waals surface area contributed by atoms with Crippen molar-refractivity contribution in [3.8, 4) is 0 Å². The average molecular weight is 317 g/mol. The Balaban J connectivity index is 1.61. The number of carbonyl (C=O) groups is 1.